The van der Waals surface area contributed by atoms with Crippen LogP contribution in [0.5, 0.6) is 0 Å². The second kappa shape index (κ2) is 3.31. The smallest absolute Gasteiger partial charge is 0.242 e. The highest BCUT2D eigenvalue weighted by Gasteiger charge is 2.30. The summed E-state index contributed by atoms with van der Waals surface area (Å²) in [7, 11) is 0. The van der Waals surface area contributed by atoms with E-state index in [0.29, 0.717) is 0 Å². The van der Waals surface area contributed by atoms with Gasteiger partial charge in [-0.2, -0.15) is 0 Å². The van der Waals surface area contributed by atoms with E-state index < -0.39 is 0 Å². The van der Waals surface area contributed by atoms with E-state index in [4.69, 9.17) is 0 Å². The third kappa shape index (κ3) is 1.32. The molecule has 1 N–H and O–H groups in total. The van der Waals surface area contributed by atoms with Crippen LogP contribution in [0.1, 0.15) is 21.9 Å². The van der Waals surface area contributed by atoms with Crippen molar-refractivity contribution >= 4 is 23.4 Å². The number of hydrogen-bond donors (Lipinski definition) is 1. The highest BCUT2D eigenvalue weighted by atomic mass is 32.2. The standard InChI is InChI=1S/C11H13NOS/c1-6-4-7(2)9-8(5-6)10(14-3)11(13)12-9/h4-5,10H,1-3H3,(H,12,13). The molecule has 1 amide bonds. The molecule has 2 rings (SSSR count). The summed E-state index contributed by atoms with van der Waals surface area (Å²) in [5.41, 5.74) is 4.53. The van der Waals surface area contributed by atoms with Crippen LogP contribution < -0.4 is 5.32 Å². The zero-order valence-electron chi connectivity index (χ0n) is 8.55. The SMILES string of the molecule is CSC1C(=O)Nc2c(C)cc(C)cc21. The van der Waals surface area contributed by atoms with Crippen LogP contribution in [0.3, 0.4) is 0 Å². The Labute approximate surface area is 88.1 Å². The van der Waals surface area contributed by atoms with Crippen LogP contribution in [0.25, 0.3) is 0 Å². The first-order chi connectivity index (χ1) is 6.63. The predicted octanol–water partition coefficient (Wildman–Crippen LogP) is 2.66. The van der Waals surface area contributed by atoms with Crippen LogP contribution in [0.15, 0.2) is 12.1 Å². The maximum atomic E-state index is 11.6. The molecule has 2 nitrogen and oxygen atoms in total. The van der Waals surface area contributed by atoms with Crippen molar-refractivity contribution < 1.29 is 4.79 Å². The fourth-order valence-electron chi connectivity index (χ4n) is 1.94. The van der Waals surface area contributed by atoms with Gasteiger partial charge in [-0.25, -0.2) is 0 Å². The fraction of sp³-hybridized carbons (Fsp3) is 0.364. The van der Waals surface area contributed by atoms with Crippen molar-refractivity contribution in [3.63, 3.8) is 0 Å². The van der Waals surface area contributed by atoms with Crippen molar-refractivity contribution in [1.82, 2.24) is 0 Å². The number of amides is 1. The first-order valence-corrected chi connectivity index (χ1v) is 5.87. The summed E-state index contributed by atoms with van der Waals surface area (Å²) in [4.78, 5) is 11.6. The van der Waals surface area contributed by atoms with Crippen LogP contribution in [-0.4, -0.2) is 12.2 Å². The Bertz CT molecular complexity index is 401. The average Bonchev–Trinajstić information content (AvgIpc) is 2.41. The number of anilines is 1. The van der Waals surface area contributed by atoms with E-state index in [1.54, 1.807) is 11.8 Å². The Morgan fingerprint density at radius 2 is 2.07 bits per heavy atom. The van der Waals surface area contributed by atoms with Gasteiger partial charge in [0.25, 0.3) is 0 Å². The number of rotatable bonds is 1. The lowest BCUT2D eigenvalue weighted by Gasteiger charge is -2.07. The number of hydrogen-bond acceptors (Lipinski definition) is 2. The number of thioether (sulfide) groups is 1. The molecule has 1 aliphatic heterocycles. The number of carbonyl (C=O) groups excluding carboxylic acids is 1. The van der Waals surface area contributed by atoms with Gasteiger partial charge >= 0.3 is 0 Å². The molecule has 1 atom stereocenters. The molecule has 0 aliphatic carbocycles. The van der Waals surface area contributed by atoms with Crippen molar-refractivity contribution in [2.24, 2.45) is 0 Å². The van der Waals surface area contributed by atoms with Gasteiger partial charge in [0.05, 0.1) is 0 Å². The van der Waals surface area contributed by atoms with Gasteiger partial charge in [-0.3, -0.25) is 4.79 Å². The topological polar surface area (TPSA) is 29.1 Å². The lowest BCUT2D eigenvalue weighted by molar-refractivity contribution is -0.115. The molecule has 1 heterocycles. The quantitative estimate of drug-likeness (QED) is 0.767. The van der Waals surface area contributed by atoms with Crippen molar-refractivity contribution in [3.05, 3.63) is 28.8 Å². The second-order valence-corrected chi connectivity index (χ2v) is 4.59. The van der Waals surface area contributed by atoms with E-state index in [2.05, 4.69) is 24.4 Å². The molecule has 14 heavy (non-hydrogen) atoms. The Morgan fingerprint density at radius 1 is 1.36 bits per heavy atom. The van der Waals surface area contributed by atoms with Crippen molar-refractivity contribution in [2.45, 2.75) is 19.1 Å². The summed E-state index contributed by atoms with van der Waals surface area (Å²) in [6.07, 6.45) is 1.97. The summed E-state index contributed by atoms with van der Waals surface area (Å²) >= 11 is 1.59. The lowest BCUT2D eigenvalue weighted by Crippen LogP contribution is -2.08. The molecule has 74 valence electrons. The summed E-state index contributed by atoms with van der Waals surface area (Å²) < 4.78 is 0. The van der Waals surface area contributed by atoms with Gasteiger partial charge in [0.15, 0.2) is 0 Å². The van der Waals surface area contributed by atoms with Gasteiger partial charge in [-0.15, -0.1) is 11.8 Å². The van der Waals surface area contributed by atoms with E-state index in [9.17, 15) is 4.79 Å². The molecule has 0 radical (unpaired) electrons. The van der Waals surface area contributed by atoms with Gasteiger partial charge in [-0.1, -0.05) is 17.7 Å². The third-order valence-electron chi connectivity index (χ3n) is 2.51. The van der Waals surface area contributed by atoms with Crippen LogP contribution in [-0.2, 0) is 4.79 Å². The first-order valence-electron chi connectivity index (χ1n) is 4.58. The summed E-state index contributed by atoms with van der Waals surface area (Å²) in [6.45, 7) is 4.10. The monoisotopic (exact) mass is 207 g/mol. The fourth-order valence-corrected chi connectivity index (χ4v) is 2.65. The van der Waals surface area contributed by atoms with Gasteiger partial charge in [0, 0.05) is 5.69 Å². The minimum Gasteiger partial charge on any atom is -0.324 e. The molecule has 1 aliphatic rings. The van der Waals surface area contributed by atoms with Crippen LogP contribution in [0.2, 0.25) is 0 Å². The summed E-state index contributed by atoms with van der Waals surface area (Å²) in [5, 5.41) is 2.91. The molecule has 0 fully saturated rings. The second-order valence-electron chi connectivity index (χ2n) is 3.65. The van der Waals surface area contributed by atoms with Gasteiger partial charge in [-0.05, 0) is 31.2 Å². The zero-order valence-corrected chi connectivity index (χ0v) is 9.37. The Kier molecular flexibility index (Phi) is 2.27. The largest absolute Gasteiger partial charge is 0.324 e. The predicted molar refractivity (Wildman–Crippen MR) is 60.8 cm³/mol. The van der Waals surface area contributed by atoms with Crippen molar-refractivity contribution in [3.8, 4) is 0 Å². The minimum atomic E-state index is -0.0244. The van der Waals surface area contributed by atoms with E-state index in [-0.39, 0.29) is 11.2 Å². The number of benzene rings is 1. The van der Waals surface area contributed by atoms with E-state index in [1.807, 2.05) is 13.2 Å². The van der Waals surface area contributed by atoms with Crippen LogP contribution in [0, 0.1) is 13.8 Å². The molecule has 3 heteroatoms. The molecule has 1 aromatic carbocycles. The third-order valence-corrected chi connectivity index (χ3v) is 3.45. The van der Waals surface area contributed by atoms with Crippen molar-refractivity contribution in [2.75, 3.05) is 11.6 Å². The van der Waals surface area contributed by atoms with Crippen LogP contribution >= 0.6 is 11.8 Å². The number of fused-ring (bicyclic) bond motifs is 1. The molecule has 0 bridgehead atoms. The molecule has 1 unspecified atom stereocenters. The van der Waals surface area contributed by atoms with Gasteiger partial charge in [0.1, 0.15) is 5.25 Å². The van der Waals surface area contributed by atoms with Gasteiger partial charge in [0.2, 0.25) is 5.91 Å². The highest BCUT2D eigenvalue weighted by molar-refractivity contribution is 7.99. The number of nitrogens with one attached hydrogen (secondary N) is 1. The maximum Gasteiger partial charge on any atom is 0.242 e. The summed E-state index contributed by atoms with van der Waals surface area (Å²) in [6, 6.07) is 4.20. The zero-order chi connectivity index (χ0) is 10.3. The van der Waals surface area contributed by atoms with Crippen molar-refractivity contribution in [1.29, 1.82) is 0 Å². The van der Waals surface area contributed by atoms with E-state index >= 15 is 0 Å². The average molecular weight is 207 g/mol. The lowest BCUT2D eigenvalue weighted by atomic mass is 10.0. The normalized spacial score (nSPS) is 19.4. The molecule has 0 aromatic heterocycles. The molecular weight excluding hydrogens is 194 g/mol. The molecule has 0 saturated heterocycles. The Hall–Kier alpha value is -0.960. The minimum absolute atomic E-state index is 0.0244. The number of carbonyl (C=O) groups is 1. The van der Waals surface area contributed by atoms with Gasteiger partial charge < -0.3 is 5.32 Å². The van der Waals surface area contributed by atoms with Crippen LogP contribution in [0.4, 0.5) is 5.69 Å². The Morgan fingerprint density at radius 3 is 2.71 bits per heavy atom. The first kappa shape index (κ1) is 9.59. The maximum absolute atomic E-state index is 11.6. The highest BCUT2D eigenvalue weighted by Crippen LogP contribution is 2.40. The number of aryl methyl sites for hydroxylation is 2. The Balaban J connectivity index is 2.58. The van der Waals surface area contributed by atoms with E-state index in [0.717, 1.165) is 16.8 Å². The molecule has 0 saturated carbocycles. The van der Waals surface area contributed by atoms with E-state index in [1.165, 1.54) is 5.56 Å². The molecule has 0 spiro atoms. The summed E-state index contributed by atoms with van der Waals surface area (Å²) in [5.74, 6) is 0.112. The molecule has 1 aromatic rings. The molecular formula is C11H13NOS.